The second-order valence-corrected chi connectivity index (χ2v) is 9.46. The third-order valence-electron chi connectivity index (χ3n) is 4.36. The fraction of sp³-hybridized carbons (Fsp3) is 0.400. The number of rotatable bonds is 8. The van der Waals surface area contributed by atoms with Gasteiger partial charge >= 0.3 is 21.3 Å². The maximum Gasteiger partial charge on any atom is 0.481 e. The Morgan fingerprint density at radius 2 is 1.81 bits per heavy atom. The van der Waals surface area contributed by atoms with E-state index < -0.39 is 58.0 Å². The minimum absolute atomic E-state index is 0.176. The van der Waals surface area contributed by atoms with Crippen LogP contribution in [0.1, 0.15) is 11.9 Å². The lowest BCUT2D eigenvalue weighted by molar-refractivity contribution is -0.0547. The number of phosphoric acid groups is 2. The molecule has 15 nitrogen and oxygen atoms in total. The van der Waals surface area contributed by atoms with Crippen molar-refractivity contribution in [2.24, 2.45) is 0 Å². The molecule has 17 heteroatoms. The maximum atomic E-state index is 12.8. The van der Waals surface area contributed by atoms with E-state index in [-0.39, 0.29) is 6.54 Å². The van der Waals surface area contributed by atoms with Gasteiger partial charge in [-0.1, -0.05) is 6.07 Å². The molecular weight excluding hydrogens is 476 g/mol. The number of aliphatic hydroxyl groups is 2. The van der Waals surface area contributed by atoms with Gasteiger partial charge in [-0.3, -0.25) is 23.4 Å². The summed E-state index contributed by atoms with van der Waals surface area (Å²) in [6, 6.07) is 5.94. The van der Waals surface area contributed by atoms with Gasteiger partial charge in [-0.05, 0) is 12.1 Å². The Morgan fingerprint density at radius 1 is 1.09 bits per heavy atom. The SMILES string of the molecule is O=c1ccn(C2OC(COP(=O)(O)OP(=O)(O)O)[C@H](O)C2O)c(=O)n1Cc1ccccn1. The van der Waals surface area contributed by atoms with Gasteiger partial charge in [0.25, 0.3) is 5.56 Å². The van der Waals surface area contributed by atoms with E-state index in [1.807, 2.05) is 0 Å². The van der Waals surface area contributed by atoms with Gasteiger partial charge in [-0.15, -0.1) is 0 Å². The maximum absolute atomic E-state index is 12.8. The number of ether oxygens (including phenoxy) is 1. The average molecular weight is 495 g/mol. The molecule has 5 N–H and O–H groups in total. The van der Waals surface area contributed by atoms with Gasteiger partial charge in [0.1, 0.15) is 18.3 Å². The van der Waals surface area contributed by atoms with Gasteiger partial charge < -0.3 is 29.6 Å². The van der Waals surface area contributed by atoms with Crippen LogP contribution in [0.2, 0.25) is 0 Å². The first kappa shape index (κ1) is 24.6. The molecule has 1 saturated heterocycles. The Kier molecular flexibility index (Phi) is 7.27. The van der Waals surface area contributed by atoms with Gasteiger partial charge in [-0.25, -0.2) is 13.9 Å². The molecule has 0 saturated carbocycles. The molecule has 0 spiro atoms. The topological polar surface area (TPSA) is 220 Å². The first-order valence-corrected chi connectivity index (χ1v) is 11.9. The predicted molar refractivity (Wildman–Crippen MR) is 103 cm³/mol. The zero-order valence-corrected chi connectivity index (χ0v) is 17.8. The summed E-state index contributed by atoms with van der Waals surface area (Å²) in [7, 11) is -10.6. The molecule has 2 aromatic rings. The van der Waals surface area contributed by atoms with Crippen LogP contribution in [0.25, 0.3) is 0 Å². The molecule has 176 valence electrons. The molecule has 1 fully saturated rings. The Bertz CT molecular complexity index is 1160. The standard InChI is InChI=1S/C15H19N3O12P2/c19-11-4-6-17(15(22)18(11)7-9-3-1-2-5-16-9)14-13(21)12(20)10(29-14)8-28-32(26,27)30-31(23,24)25/h1-6,10,12-14,20-21H,7-8H2,(H,26,27)(H2,23,24,25)/t10?,12-,13?,14?/m0/s1. The van der Waals surface area contributed by atoms with Gasteiger partial charge in [0, 0.05) is 18.5 Å². The summed E-state index contributed by atoms with van der Waals surface area (Å²) in [4.78, 5) is 55.5. The minimum Gasteiger partial charge on any atom is -0.387 e. The third kappa shape index (κ3) is 5.85. The quantitative estimate of drug-likeness (QED) is 0.258. The van der Waals surface area contributed by atoms with Crippen molar-refractivity contribution in [3.63, 3.8) is 0 Å². The van der Waals surface area contributed by atoms with E-state index in [1.54, 1.807) is 18.2 Å². The van der Waals surface area contributed by atoms with Crippen LogP contribution in [0.5, 0.6) is 0 Å². The van der Waals surface area contributed by atoms with Crippen LogP contribution in [0.15, 0.2) is 46.2 Å². The highest BCUT2D eigenvalue weighted by Crippen LogP contribution is 2.57. The lowest BCUT2D eigenvalue weighted by atomic mass is 10.1. The fourth-order valence-corrected chi connectivity index (χ4v) is 4.55. The molecule has 5 atom stereocenters. The first-order chi connectivity index (χ1) is 14.9. The molecule has 0 bridgehead atoms. The predicted octanol–water partition coefficient (Wildman–Crippen LogP) is -1.70. The van der Waals surface area contributed by atoms with Crippen LogP contribution in [0.4, 0.5) is 0 Å². The van der Waals surface area contributed by atoms with Crippen molar-refractivity contribution in [3.8, 4) is 0 Å². The van der Waals surface area contributed by atoms with Crippen molar-refractivity contribution in [1.29, 1.82) is 0 Å². The number of hydrogen-bond donors (Lipinski definition) is 5. The van der Waals surface area contributed by atoms with Crippen molar-refractivity contribution in [3.05, 3.63) is 63.2 Å². The molecule has 3 heterocycles. The molecule has 0 aromatic carbocycles. The Morgan fingerprint density at radius 3 is 2.44 bits per heavy atom. The monoisotopic (exact) mass is 495 g/mol. The smallest absolute Gasteiger partial charge is 0.387 e. The number of hydrogen-bond acceptors (Lipinski definition) is 10. The summed E-state index contributed by atoms with van der Waals surface area (Å²) in [5, 5.41) is 20.4. The molecular formula is C15H19N3O12P2. The zero-order valence-electron chi connectivity index (χ0n) is 16.0. The molecule has 4 unspecified atom stereocenters. The normalized spacial score (nSPS) is 25.5. The lowest BCUT2D eigenvalue weighted by Gasteiger charge is -2.19. The zero-order chi connectivity index (χ0) is 23.7. The van der Waals surface area contributed by atoms with E-state index in [0.29, 0.717) is 5.69 Å². The highest BCUT2D eigenvalue weighted by molar-refractivity contribution is 7.60. The molecule has 32 heavy (non-hydrogen) atoms. The van der Waals surface area contributed by atoms with Crippen molar-refractivity contribution in [2.45, 2.75) is 31.1 Å². The molecule has 3 rings (SSSR count). The summed E-state index contributed by atoms with van der Waals surface area (Å²) in [5.74, 6) is 0. The minimum atomic E-state index is -5.36. The van der Waals surface area contributed by atoms with E-state index >= 15 is 0 Å². The molecule has 1 aliphatic heterocycles. The first-order valence-electron chi connectivity index (χ1n) is 8.86. The third-order valence-corrected chi connectivity index (χ3v) is 6.52. The lowest BCUT2D eigenvalue weighted by Crippen LogP contribution is -2.43. The fourth-order valence-electron chi connectivity index (χ4n) is 2.95. The van der Waals surface area contributed by atoms with Crippen LogP contribution in [0, 0.1) is 0 Å². The molecule has 0 radical (unpaired) electrons. The number of aromatic nitrogens is 3. The van der Waals surface area contributed by atoms with Gasteiger partial charge in [0.2, 0.25) is 0 Å². The van der Waals surface area contributed by atoms with Gasteiger partial charge in [-0.2, -0.15) is 4.31 Å². The second kappa shape index (κ2) is 9.45. The number of pyridine rings is 1. The number of phosphoric ester groups is 1. The van der Waals surface area contributed by atoms with E-state index in [0.717, 1.165) is 21.4 Å². The second-order valence-electron chi connectivity index (χ2n) is 6.63. The van der Waals surface area contributed by atoms with Crippen molar-refractivity contribution in [2.75, 3.05) is 6.61 Å². The highest BCUT2D eigenvalue weighted by atomic mass is 31.3. The molecule has 0 amide bonds. The number of aliphatic hydroxyl groups excluding tert-OH is 2. The van der Waals surface area contributed by atoms with Crippen molar-refractivity contribution >= 4 is 15.6 Å². The van der Waals surface area contributed by atoms with E-state index in [4.69, 9.17) is 14.5 Å². The van der Waals surface area contributed by atoms with E-state index in [1.165, 1.54) is 6.20 Å². The summed E-state index contributed by atoms with van der Waals surface area (Å²) < 4.78 is 37.3. The van der Waals surface area contributed by atoms with E-state index in [9.17, 15) is 33.8 Å². The summed E-state index contributed by atoms with van der Waals surface area (Å²) in [6.07, 6.45) is -3.93. The number of nitrogens with zero attached hydrogens (tertiary/aromatic N) is 3. The van der Waals surface area contributed by atoms with Crippen LogP contribution in [-0.4, -0.2) is 63.9 Å². The molecule has 0 aliphatic carbocycles. The Balaban J connectivity index is 1.79. The molecule has 1 aliphatic rings. The largest absolute Gasteiger partial charge is 0.481 e. The van der Waals surface area contributed by atoms with Crippen LogP contribution in [0.3, 0.4) is 0 Å². The van der Waals surface area contributed by atoms with E-state index in [2.05, 4.69) is 13.8 Å². The summed E-state index contributed by atoms with van der Waals surface area (Å²) in [5.41, 5.74) is -1.13. The Labute approximate surface area is 178 Å². The van der Waals surface area contributed by atoms with Gasteiger partial charge in [0.05, 0.1) is 18.8 Å². The van der Waals surface area contributed by atoms with Crippen LogP contribution < -0.4 is 11.2 Å². The Hall–Kier alpha value is -2.03. The van der Waals surface area contributed by atoms with Crippen LogP contribution in [-0.2, 0) is 29.2 Å². The van der Waals surface area contributed by atoms with Crippen molar-refractivity contribution < 1.29 is 47.6 Å². The van der Waals surface area contributed by atoms with Crippen LogP contribution >= 0.6 is 15.6 Å². The average Bonchev–Trinajstić information content (AvgIpc) is 2.97. The highest BCUT2D eigenvalue weighted by Gasteiger charge is 2.46. The molecule has 2 aromatic heterocycles. The van der Waals surface area contributed by atoms with Crippen molar-refractivity contribution in [1.82, 2.24) is 14.1 Å². The summed E-state index contributed by atoms with van der Waals surface area (Å²) >= 11 is 0. The van der Waals surface area contributed by atoms with Gasteiger partial charge in [0.15, 0.2) is 6.23 Å². The summed E-state index contributed by atoms with van der Waals surface area (Å²) in [6.45, 7) is -1.10.